The van der Waals surface area contributed by atoms with Crippen LogP contribution in [-0.4, -0.2) is 82.7 Å². The van der Waals surface area contributed by atoms with Crippen molar-refractivity contribution in [2.75, 3.05) is 50.9 Å². The lowest BCUT2D eigenvalue weighted by Gasteiger charge is -2.31. The summed E-state index contributed by atoms with van der Waals surface area (Å²) in [7, 11) is 0. The monoisotopic (exact) mass is 593 g/mol. The lowest BCUT2D eigenvalue weighted by molar-refractivity contribution is 0.107. The first kappa shape index (κ1) is 28.1. The summed E-state index contributed by atoms with van der Waals surface area (Å²) in [6.07, 6.45) is 3.94. The average Bonchev–Trinajstić information content (AvgIpc) is 3.37. The maximum Gasteiger partial charge on any atom is 0.319 e. The van der Waals surface area contributed by atoms with E-state index in [1.54, 1.807) is 6.07 Å². The normalized spacial score (nSPS) is 22.8. The number of phenols is 1. The number of hydrogen-bond acceptors (Lipinski definition) is 8. The predicted octanol–water partition coefficient (Wildman–Crippen LogP) is 5.57. The van der Waals surface area contributed by atoms with E-state index in [1.807, 2.05) is 11.8 Å². The van der Waals surface area contributed by atoms with E-state index in [4.69, 9.17) is 14.5 Å². The summed E-state index contributed by atoms with van der Waals surface area (Å²) >= 11 is 0. The zero-order valence-corrected chi connectivity index (χ0v) is 24.1. The van der Waals surface area contributed by atoms with Gasteiger partial charge in [-0.3, -0.25) is 9.88 Å². The molecule has 2 atom stereocenters. The smallest absolute Gasteiger partial charge is 0.319 e. The number of aromatic hydroxyl groups is 1. The zero-order valence-electron chi connectivity index (χ0n) is 24.1. The molecule has 5 heterocycles. The molecule has 0 amide bonds. The van der Waals surface area contributed by atoms with Gasteiger partial charge in [-0.05, 0) is 66.8 Å². The summed E-state index contributed by atoms with van der Waals surface area (Å²) in [5.74, 6) is -0.729. The third kappa shape index (κ3) is 4.92. The number of rotatable bonds is 6. The predicted molar refractivity (Wildman–Crippen MR) is 157 cm³/mol. The number of halogens is 3. The average molecular weight is 594 g/mol. The number of ether oxygens (including phenoxy) is 2. The van der Waals surface area contributed by atoms with Gasteiger partial charge in [-0.25, -0.2) is 13.2 Å². The van der Waals surface area contributed by atoms with Crippen molar-refractivity contribution in [2.45, 2.75) is 50.7 Å². The SMILES string of the molecule is CCc1c(F)ccc2cc(O)cc(-c3ncc4c(N5CCCOCC5)nc(OCC56CCCN5C[C@H](F)C6)nc4c3F)c12. The number of aryl methyl sites for hydroxylation is 1. The fourth-order valence-electron chi connectivity index (χ4n) is 7.15. The molecule has 3 saturated heterocycles. The Labute approximate surface area is 247 Å². The Morgan fingerprint density at radius 2 is 2.00 bits per heavy atom. The van der Waals surface area contributed by atoms with Crippen LogP contribution in [0.4, 0.5) is 19.0 Å². The fourth-order valence-corrected chi connectivity index (χ4v) is 7.15. The molecule has 3 fully saturated rings. The second-order valence-corrected chi connectivity index (χ2v) is 11.8. The molecule has 0 aliphatic carbocycles. The van der Waals surface area contributed by atoms with E-state index in [0.29, 0.717) is 73.2 Å². The van der Waals surface area contributed by atoms with Crippen LogP contribution in [0.3, 0.4) is 0 Å². The topological polar surface area (TPSA) is 83.8 Å². The van der Waals surface area contributed by atoms with Gasteiger partial charge in [0.1, 0.15) is 41.4 Å². The van der Waals surface area contributed by atoms with Crippen molar-refractivity contribution >= 4 is 27.5 Å². The van der Waals surface area contributed by atoms with Crippen LogP contribution in [0.5, 0.6) is 11.8 Å². The van der Waals surface area contributed by atoms with Gasteiger partial charge in [-0.1, -0.05) is 13.0 Å². The summed E-state index contributed by atoms with van der Waals surface area (Å²) in [5.41, 5.74) is 0.222. The molecule has 43 heavy (non-hydrogen) atoms. The second kappa shape index (κ2) is 11.1. The van der Waals surface area contributed by atoms with E-state index in [-0.39, 0.29) is 35.1 Å². The summed E-state index contributed by atoms with van der Waals surface area (Å²) in [5, 5.41) is 12.0. The van der Waals surface area contributed by atoms with Crippen LogP contribution >= 0.6 is 0 Å². The maximum absolute atomic E-state index is 16.7. The zero-order chi connectivity index (χ0) is 29.7. The van der Waals surface area contributed by atoms with Crippen LogP contribution in [0.1, 0.15) is 38.2 Å². The van der Waals surface area contributed by atoms with Gasteiger partial charge in [0.2, 0.25) is 0 Å². The highest BCUT2D eigenvalue weighted by Crippen LogP contribution is 2.42. The summed E-state index contributed by atoms with van der Waals surface area (Å²) in [6, 6.07) is 5.86. The first-order valence-electron chi connectivity index (χ1n) is 15.0. The minimum Gasteiger partial charge on any atom is -0.508 e. The molecule has 1 unspecified atom stereocenters. The number of nitrogens with zero attached hydrogens (tertiary/aromatic N) is 5. The lowest BCUT2D eigenvalue weighted by Crippen LogP contribution is -2.43. The highest BCUT2D eigenvalue weighted by Gasteiger charge is 2.49. The highest BCUT2D eigenvalue weighted by atomic mass is 19.1. The molecule has 0 bridgehead atoms. The number of phenolic OH excluding ortho intramolecular Hbond substituents is 1. The molecule has 4 aromatic rings. The Morgan fingerprint density at radius 1 is 1.12 bits per heavy atom. The Kier molecular flexibility index (Phi) is 7.25. The number of hydrogen-bond donors (Lipinski definition) is 1. The number of benzene rings is 2. The maximum atomic E-state index is 16.7. The first-order valence-corrected chi connectivity index (χ1v) is 15.0. The van der Waals surface area contributed by atoms with E-state index in [1.165, 1.54) is 24.4 Å². The third-order valence-corrected chi connectivity index (χ3v) is 9.16. The molecule has 1 N–H and O–H groups in total. The Bertz CT molecular complexity index is 1700. The van der Waals surface area contributed by atoms with Crippen LogP contribution < -0.4 is 9.64 Å². The van der Waals surface area contributed by atoms with Gasteiger partial charge < -0.3 is 19.5 Å². The summed E-state index contributed by atoms with van der Waals surface area (Å²) < 4.78 is 57.8. The van der Waals surface area contributed by atoms with Crippen molar-refractivity contribution in [2.24, 2.45) is 0 Å². The van der Waals surface area contributed by atoms with E-state index in [9.17, 15) is 13.9 Å². The van der Waals surface area contributed by atoms with Gasteiger partial charge in [-0.15, -0.1) is 0 Å². The minimum absolute atomic E-state index is 0.00769. The molecule has 2 aromatic heterocycles. The van der Waals surface area contributed by atoms with E-state index in [2.05, 4.69) is 14.9 Å². The van der Waals surface area contributed by atoms with Crippen molar-refractivity contribution in [3.63, 3.8) is 0 Å². The van der Waals surface area contributed by atoms with Gasteiger partial charge >= 0.3 is 6.01 Å². The molecule has 0 radical (unpaired) electrons. The fraction of sp³-hybridized carbons (Fsp3) is 0.469. The molecule has 8 nitrogen and oxygen atoms in total. The first-order chi connectivity index (χ1) is 20.9. The van der Waals surface area contributed by atoms with Crippen LogP contribution in [0, 0.1) is 11.6 Å². The number of anilines is 1. The lowest BCUT2D eigenvalue weighted by atomic mass is 9.94. The molecule has 3 aliphatic rings. The molecule has 226 valence electrons. The van der Waals surface area contributed by atoms with Crippen molar-refractivity contribution in [1.29, 1.82) is 0 Å². The van der Waals surface area contributed by atoms with E-state index < -0.39 is 23.3 Å². The molecular weight excluding hydrogens is 559 g/mol. The van der Waals surface area contributed by atoms with Crippen molar-refractivity contribution in [1.82, 2.24) is 19.9 Å². The number of fused-ring (bicyclic) bond motifs is 3. The third-order valence-electron chi connectivity index (χ3n) is 9.16. The number of aromatic nitrogens is 3. The number of pyridine rings is 1. The van der Waals surface area contributed by atoms with Crippen LogP contribution in [0.2, 0.25) is 0 Å². The van der Waals surface area contributed by atoms with Gasteiger partial charge in [0.05, 0.1) is 17.5 Å². The molecule has 2 aromatic carbocycles. The molecule has 0 saturated carbocycles. The number of alkyl halides is 1. The molecule has 11 heteroatoms. The van der Waals surface area contributed by atoms with Gasteiger partial charge in [0, 0.05) is 44.4 Å². The molecule has 7 rings (SSSR count). The van der Waals surface area contributed by atoms with Crippen LogP contribution in [0.15, 0.2) is 30.5 Å². The molecule has 0 spiro atoms. The summed E-state index contributed by atoms with van der Waals surface area (Å²) in [6.45, 7) is 5.55. The van der Waals surface area contributed by atoms with Gasteiger partial charge in [0.15, 0.2) is 5.82 Å². The Hall–Kier alpha value is -3.70. The van der Waals surface area contributed by atoms with E-state index in [0.717, 1.165) is 25.8 Å². The minimum atomic E-state index is -0.907. The van der Waals surface area contributed by atoms with Gasteiger partial charge in [0.25, 0.3) is 0 Å². The second-order valence-electron chi connectivity index (χ2n) is 11.8. The summed E-state index contributed by atoms with van der Waals surface area (Å²) in [4.78, 5) is 17.9. The quantitative estimate of drug-likeness (QED) is 0.311. The van der Waals surface area contributed by atoms with Crippen molar-refractivity contribution in [3.05, 3.63) is 47.7 Å². The highest BCUT2D eigenvalue weighted by molar-refractivity contribution is 6.01. The van der Waals surface area contributed by atoms with Crippen molar-refractivity contribution in [3.8, 4) is 23.0 Å². The van der Waals surface area contributed by atoms with Crippen LogP contribution in [0.25, 0.3) is 32.9 Å². The largest absolute Gasteiger partial charge is 0.508 e. The Balaban J connectivity index is 1.37. The van der Waals surface area contributed by atoms with Crippen LogP contribution in [-0.2, 0) is 11.2 Å². The Morgan fingerprint density at radius 3 is 2.86 bits per heavy atom. The van der Waals surface area contributed by atoms with Gasteiger partial charge in [-0.2, -0.15) is 9.97 Å². The van der Waals surface area contributed by atoms with E-state index >= 15 is 4.39 Å². The molecular formula is C32H34F3N5O3. The van der Waals surface area contributed by atoms with Crippen molar-refractivity contribution < 1.29 is 27.8 Å². The standard InChI is InChI=1S/C32H34F3N5O3/c1-2-22-25(34)6-5-19-13-21(41)14-23(26(19)22)28-27(35)29-24(16-36-28)30(39-8-4-11-42-12-10-39)38-31(37-29)43-18-32-7-3-9-40(32)17-20(33)15-32/h5-6,13-14,16,20,41H,2-4,7-12,15,17-18H2,1H3/t20-,32?/m1/s1. The molecule has 3 aliphatic heterocycles.